The summed E-state index contributed by atoms with van der Waals surface area (Å²) >= 11 is 0. The summed E-state index contributed by atoms with van der Waals surface area (Å²) in [5.74, 6) is 0. The van der Waals surface area contributed by atoms with Crippen LogP contribution in [0.2, 0.25) is 0 Å². The number of nitrogens with one attached hydrogen (secondary N) is 2. The fourth-order valence-corrected chi connectivity index (χ4v) is 0.148. The van der Waals surface area contributed by atoms with Gasteiger partial charge in [-0.2, -0.15) is 5.48 Å². The Hall–Kier alpha value is -1.46. The summed E-state index contributed by atoms with van der Waals surface area (Å²) in [6, 6.07) is -0.918. The van der Waals surface area contributed by atoms with Crippen molar-refractivity contribution in [3.05, 3.63) is 0 Å². The van der Waals surface area contributed by atoms with E-state index in [0.717, 1.165) is 0 Å². The minimum atomic E-state index is -0.918. The van der Waals surface area contributed by atoms with E-state index in [2.05, 4.69) is 15.9 Å². The monoisotopic (exact) mass is 133 g/mol. The van der Waals surface area contributed by atoms with E-state index in [9.17, 15) is 9.59 Å². The van der Waals surface area contributed by atoms with Crippen LogP contribution in [0.25, 0.3) is 0 Å². The Balaban J connectivity index is 3.28. The SMILES string of the molecule is CNC(=O)ONC(N)=O. The Kier molecular flexibility index (Phi) is 2.96. The average molecular weight is 133 g/mol. The largest absolute Gasteiger partial charge is 0.431 e. The molecule has 0 saturated carbocycles. The highest BCUT2D eigenvalue weighted by molar-refractivity contribution is 5.74. The number of hydroxylamine groups is 1. The fraction of sp³-hybridized carbons (Fsp3) is 0.333. The van der Waals surface area contributed by atoms with Gasteiger partial charge in [0.25, 0.3) is 0 Å². The molecule has 4 N–H and O–H groups in total. The summed E-state index contributed by atoms with van der Waals surface area (Å²) in [4.78, 5) is 23.9. The van der Waals surface area contributed by atoms with Gasteiger partial charge in [-0.05, 0) is 0 Å². The van der Waals surface area contributed by atoms with E-state index in [0.29, 0.717) is 0 Å². The second-order valence-corrected chi connectivity index (χ2v) is 1.11. The van der Waals surface area contributed by atoms with Crippen molar-refractivity contribution in [2.24, 2.45) is 5.73 Å². The van der Waals surface area contributed by atoms with Crippen LogP contribution in [-0.2, 0) is 4.84 Å². The van der Waals surface area contributed by atoms with Crippen LogP contribution >= 0.6 is 0 Å². The molecule has 0 saturated heterocycles. The van der Waals surface area contributed by atoms with Crippen molar-refractivity contribution in [3.8, 4) is 0 Å². The Morgan fingerprint density at radius 3 is 2.44 bits per heavy atom. The van der Waals surface area contributed by atoms with Crippen molar-refractivity contribution in [2.45, 2.75) is 0 Å². The quantitative estimate of drug-likeness (QED) is 0.367. The number of primary amides is 1. The van der Waals surface area contributed by atoms with Gasteiger partial charge in [-0.3, -0.25) is 0 Å². The third-order valence-corrected chi connectivity index (χ3v) is 0.448. The molecule has 3 amide bonds. The molecule has 52 valence electrons. The van der Waals surface area contributed by atoms with Gasteiger partial charge < -0.3 is 15.9 Å². The minimum Gasteiger partial charge on any atom is -0.349 e. The molecule has 0 bridgehead atoms. The lowest BCUT2D eigenvalue weighted by molar-refractivity contribution is 0.105. The molecule has 0 spiro atoms. The first-order valence-electron chi connectivity index (χ1n) is 2.11. The number of carbonyl (C=O) groups is 2. The lowest BCUT2D eigenvalue weighted by atomic mass is 11.1. The molecular formula is C3H7N3O3. The molecule has 6 heteroatoms. The second-order valence-electron chi connectivity index (χ2n) is 1.11. The van der Waals surface area contributed by atoms with E-state index >= 15 is 0 Å². The van der Waals surface area contributed by atoms with Crippen molar-refractivity contribution < 1.29 is 14.4 Å². The highest BCUT2D eigenvalue weighted by Gasteiger charge is 1.97. The van der Waals surface area contributed by atoms with Gasteiger partial charge >= 0.3 is 12.1 Å². The molecule has 0 aromatic heterocycles. The summed E-state index contributed by atoms with van der Waals surface area (Å²) in [7, 11) is 1.35. The van der Waals surface area contributed by atoms with Crippen LogP contribution in [0, 0.1) is 0 Å². The van der Waals surface area contributed by atoms with E-state index in [1.807, 2.05) is 0 Å². The molecule has 9 heavy (non-hydrogen) atoms. The molecule has 0 aromatic rings. The first-order chi connectivity index (χ1) is 4.16. The topological polar surface area (TPSA) is 93.4 Å². The summed E-state index contributed by atoms with van der Waals surface area (Å²) in [6.07, 6.45) is -0.770. The van der Waals surface area contributed by atoms with Crippen molar-refractivity contribution in [3.63, 3.8) is 0 Å². The number of nitrogens with two attached hydrogens (primary N) is 1. The highest BCUT2D eigenvalue weighted by Crippen LogP contribution is 1.66. The zero-order valence-corrected chi connectivity index (χ0v) is 4.80. The number of hydrogen-bond donors (Lipinski definition) is 3. The van der Waals surface area contributed by atoms with Crippen molar-refractivity contribution >= 4 is 12.1 Å². The van der Waals surface area contributed by atoms with Crippen LogP contribution in [0.3, 0.4) is 0 Å². The third kappa shape index (κ3) is 4.39. The van der Waals surface area contributed by atoms with Crippen LogP contribution in [0.15, 0.2) is 0 Å². The molecular weight excluding hydrogens is 126 g/mol. The van der Waals surface area contributed by atoms with Crippen molar-refractivity contribution in [1.82, 2.24) is 10.8 Å². The lowest BCUT2D eigenvalue weighted by Gasteiger charge is -1.99. The molecule has 0 rings (SSSR count). The fourth-order valence-electron chi connectivity index (χ4n) is 0.148. The van der Waals surface area contributed by atoms with Gasteiger partial charge in [0.2, 0.25) is 0 Å². The van der Waals surface area contributed by atoms with Crippen LogP contribution in [0.5, 0.6) is 0 Å². The van der Waals surface area contributed by atoms with Crippen LogP contribution in [-0.4, -0.2) is 19.2 Å². The summed E-state index contributed by atoms with van der Waals surface area (Å²) in [6.45, 7) is 0. The zero-order valence-electron chi connectivity index (χ0n) is 4.80. The van der Waals surface area contributed by atoms with Crippen LogP contribution < -0.4 is 16.5 Å². The predicted octanol–water partition coefficient (Wildman–Crippen LogP) is -1.07. The number of urea groups is 1. The molecule has 0 unspecified atom stereocenters. The predicted molar refractivity (Wildman–Crippen MR) is 28.3 cm³/mol. The summed E-state index contributed by atoms with van der Waals surface area (Å²) < 4.78 is 0. The van der Waals surface area contributed by atoms with Gasteiger partial charge in [-0.1, -0.05) is 0 Å². The number of rotatable bonds is 0. The molecule has 0 aliphatic carbocycles. The molecule has 0 fully saturated rings. The smallest absolute Gasteiger partial charge is 0.349 e. The Morgan fingerprint density at radius 2 is 2.11 bits per heavy atom. The number of carbonyl (C=O) groups excluding carboxylic acids is 2. The van der Waals surface area contributed by atoms with Gasteiger partial charge in [0, 0.05) is 7.05 Å². The highest BCUT2D eigenvalue weighted by atomic mass is 16.7. The molecule has 0 radical (unpaired) electrons. The number of amides is 3. The van der Waals surface area contributed by atoms with Gasteiger partial charge in [-0.15, -0.1) is 0 Å². The normalized spacial score (nSPS) is 7.67. The van der Waals surface area contributed by atoms with E-state index in [1.165, 1.54) is 7.05 Å². The van der Waals surface area contributed by atoms with E-state index < -0.39 is 12.1 Å². The molecule has 0 aromatic carbocycles. The van der Waals surface area contributed by atoms with Gasteiger partial charge in [0.1, 0.15) is 0 Å². The maximum Gasteiger partial charge on any atom is 0.431 e. The Bertz CT molecular complexity index is 123. The second kappa shape index (κ2) is 3.53. The molecule has 0 aliphatic rings. The molecule has 0 heterocycles. The lowest BCUT2D eigenvalue weighted by Crippen LogP contribution is -2.35. The van der Waals surface area contributed by atoms with E-state index in [-0.39, 0.29) is 0 Å². The summed E-state index contributed by atoms with van der Waals surface area (Å²) in [5.41, 5.74) is 6.16. The van der Waals surface area contributed by atoms with Crippen molar-refractivity contribution in [2.75, 3.05) is 7.05 Å². The van der Waals surface area contributed by atoms with Crippen LogP contribution in [0.1, 0.15) is 0 Å². The van der Waals surface area contributed by atoms with E-state index in [4.69, 9.17) is 0 Å². The Morgan fingerprint density at radius 1 is 1.56 bits per heavy atom. The standard InChI is InChI=1S/C3H7N3O3/c1-5-3(8)9-6-2(4)7/h1H3,(H,5,8)(H3,4,6,7). The first kappa shape index (κ1) is 7.54. The average Bonchev–Trinajstić information content (AvgIpc) is 1.83. The third-order valence-electron chi connectivity index (χ3n) is 0.448. The number of hydrogen-bond acceptors (Lipinski definition) is 3. The zero-order chi connectivity index (χ0) is 7.28. The molecule has 0 atom stereocenters. The molecule has 0 aliphatic heterocycles. The maximum atomic E-state index is 10.1. The summed E-state index contributed by atoms with van der Waals surface area (Å²) in [5, 5.41) is 2.09. The maximum absolute atomic E-state index is 10.1. The van der Waals surface area contributed by atoms with Gasteiger partial charge in [0.05, 0.1) is 0 Å². The minimum absolute atomic E-state index is 0.770. The van der Waals surface area contributed by atoms with Gasteiger partial charge in [-0.25, -0.2) is 9.59 Å². The van der Waals surface area contributed by atoms with Crippen molar-refractivity contribution in [1.29, 1.82) is 0 Å². The van der Waals surface area contributed by atoms with Gasteiger partial charge in [0.15, 0.2) is 0 Å². The van der Waals surface area contributed by atoms with Crippen LogP contribution in [0.4, 0.5) is 9.59 Å². The first-order valence-corrected chi connectivity index (χ1v) is 2.11. The van der Waals surface area contributed by atoms with E-state index in [1.54, 1.807) is 5.48 Å². The molecule has 6 nitrogen and oxygen atoms in total. The Labute approximate surface area is 51.3 Å².